The highest BCUT2D eigenvalue weighted by atomic mass is 32.2. The van der Waals surface area contributed by atoms with Crippen molar-refractivity contribution in [1.82, 2.24) is 25.9 Å². The first-order chi connectivity index (χ1) is 18.0. The van der Waals surface area contributed by atoms with E-state index in [1.807, 2.05) is 51.2 Å². The fraction of sp³-hybridized carbons (Fsp3) is 0.370. The third kappa shape index (κ3) is 7.65. The molecule has 3 aromatic rings. The molecule has 204 valence electrons. The summed E-state index contributed by atoms with van der Waals surface area (Å²) in [6.07, 6.45) is 2.18. The number of para-hydroxylation sites is 1. The Kier molecular flexibility index (Phi) is 9.65. The van der Waals surface area contributed by atoms with Gasteiger partial charge in [-0.05, 0) is 43.0 Å². The number of hydrogen-bond donors (Lipinski definition) is 5. The predicted octanol–water partition coefficient (Wildman–Crippen LogP) is 2.31. The van der Waals surface area contributed by atoms with Crippen molar-refractivity contribution >= 4 is 38.6 Å². The number of hydrogen-bond acceptors (Lipinski definition) is 5. The molecule has 0 spiro atoms. The van der Waals surface area contributed by atoms with Crippen LogP contribution in [0.4, 0.5) is 0 Å². The third-order valence-corrected chi connectivity index (χ3v) is 7.46. The molecule has 1 heterocycles. The van der Waals surface area contributed by atoms with Crippen molar-refractivity contribution < 1.29 is 22.8 Å². The first kappa shape index (κ1) is 28.9. The van der Waals surface area contributed by atoms with E-state index in [2.05, 4.69) is 25.9 Å². The van der Waals surface area contributed by atoms with E-state index >= 15 is 0 Å². The zero-order valence-electron chi connectivity index (χ0n) is 22.0. The van der Waals surface area contributed by atoms with E-state index in [9.17, 15) is 22.8 Å². The van der Waals surface area contributed by atoms with Crippen molar-refractivity contribution in [3.63, 3.8) is 0 Å². The van der Waals surface area contributed by atoms with Crippen LogP contribution in [0.15, 0.2) is 59.6 Å². The molecule has 2 atom stereocenters. The van der Waals surface area contributed by atoms with Crippen LogP contribution in [0.25, 0.3) is 10.9 Å². The summed E-state index contributed by atoms with van der Waals surface area (Å²) >= 11 is 0. The Morgan fingerprint density at radius 1 is 0.974 bits per heavy atom. The van der Waals surface area contributed by atoms with Crippen molar-refractivity contribution in [2.24, 2.45) is 11.8 Å². The zero-order valence-corrected chi connectivity index (χ0v) is 22.8. The van der Waals surface area contributed by atoms with E-state index in [1.54, 1.807) is 12.1 Å². The molecule has 0 aliphatic heterocycles. The molecule has 11 heteroatoms. The van der Waals surface area contributed by atoms with Crippen LogP contribution in [0, 0.1) is 18.8 Å². The van der Waals surface area contributed by atoms with E-state index in [1.165, 1.54) is 19.2 Å². The average Bonchev–Trinajstić information content (AvgIpc) is 3.29. The standard InChI is InChI=1S/C27H35N5O5S/c1-17(2)13-19(15-25(33)31-32-38(36,37)21-11-9-18(3)10-12-21)26(34)30-24(27(35)28-4)14-20-16-29-23-8-6-5-7-22(20)23/h5-12,16-17,19,24,29,32H,13-15H2,1-4H3,(H,28,35)(H,30,34)(H,31,33)/t19-,24+/m1/s1. The second kappa shape index (κ2) is 12.7. The number of carbonyl (C=O) groups is 3. The molecule has 0 fully saturated rings. The molecule has 5 N–H and O–H groups in total. The summed E-state index contributed by atoms with van der Waals surface area (Å²) in [5, 5.41) is 6.34. The van der Waals surface area contributed by atoms with Gasteiger partial charge in [0.1, 0.15) is 6.04 Å². The average molecular weight is 542 g/mol. The largest absolute Gasteiger partial charge is 0.361 e. The Hall–Kier alpha value is -3.70. The van der Waals surface area contributed by atoms with Crippen molar-refractivity contribution in [2.45, 2.75) is 51.0 Å². The number of H-pyrrole nitrogens is 1. The number of aromatic nitrogens is 1. The Morgan fingerprint density at radius 3 is 2.32 bits per heavy atom. The summed E-state index contributed by atoms with van der Waals surface area (Å²) < 4.78 is 25.0. The molecule has 0 saturated carbocycles. The second-order valence-electron chi connectivity index (χ2n) is 9.74. The number of nitrogens with one attached hydrogen (secondary N) is 5. The van der Waals surface area contributed by atoms with Crippen LogP contribution >= 0.6 is 0 Å². The van der Waals surface area contributed by atoms with Crippen molar-refractivity contribution in [3.05, 3.63) is 65.9 Å². The van der Waals surface area contributed by atoms with Gasteiger partial charge in [-0.25, -0.2) is 8.42 Å². The number of benzene rings is 2. The fourth-order valence-corrected chi connectivity index (χ4v) is 5.08. The molecular formula is C27H35N5O5S. The number of aryl methyl sites for hydroxylation is 1. The summed E-state index contributed by atoms with van der Waals surface area (Å²) in [4.78, 5) is 43.8. The molecule has 38 heavy (non-hydrogen) atoms. The predicted molar refractivity (Wildman–Crippen MR) is 145 cm³/mol. The molecule has 0 aliphatic rings. The maximum absolute atomic E-state index is 13.3. The summed E-state index contributed by atoms with van der Waals surface area (Å²) in [6, 6.07) is 13.0. The summed E-state index contributed by atoms with van der Waals surface area (Å²) in [7, 11) is -2.47. The molecule has 0 saturated heterocycles. The minimum Gasteiger partial charge on any atom is -0.361 e. The van der Waals surface area contributed by atoms with Crippen molar-refractivity contribution in [2.75, 3.05) is 7.05 Å². The molecule has 0 aliphatic carbocycles. The number of hydrazine groups is 1. The minimum atomic E-state index is -3.97. The lowest BCUT2D eigenvalue weighted by molar-refractivity contribution is -0.133. The van der Waals surface area contributed by atoms with Gasteiger partial charge in [0.25, 0.3) is 10.0 Å². The van der Waals surface area contributed by atoms with E-state index in [0.717, 1.165) is 22.0 Å². The first-order valence-electron chi connectivity index (χ1n) is 12.4. The second-order valence-corrected chi connectivity index (χ2v) is 11.4. The molecule has 3 amide bonds. The van der Waals surface area contributed by atoms with Gasteiger partial charge in [-0.1, -0.05) is 49.7 Å². The lowest BCUT2D eigenvalue weighted by Gasteiger charge is -2.23. The highest BCUT2D eigenvalue weighted by molar-refractivity contribution is 7.89. The Labute approximate surface area is 223 Å². The third-order valence-electron chi connectivity index (χ3n) is 6.19. The van der Waals surface area contributed by atoms with E-state index < -0.39 is 33.8 Å². The van der Waals surface area contributed by atoms with Crippen molar-refractivity contribution in [1.29, 1.82) is 0 Å². The van der Waals surface area contributed by atoms with Gasteiger partial charge in [-0.3, -0.25) is 19.8 Å². The van der Waals surface area contributed by atoms with Gasteiger partial charge in [0.2, 0.25) is 17.7 Å². The smallest absolute Gasteiger partial charge is 0.257 e. The van der Waals surface area contributed by atoms with Gasteiger partial charge in [0, 0.05) is 42.9 Å². The lowest BCUT2D eigenvalue weighted by atomic mass is 9.92. The number of fused-ring (bicyclic) bond motifs is 1. The van der Waals surface area contributed by atoms with E-state index in [0.29, 0.717) is 6.42 Å². The summed E-state index contributed by atoms with van der Waals surface area (Å²) in [6.45, 7) is 5.67. The minimum absolute atomic E-state index is 0.00516. The number of sulfonamides is 1. The van der Waals surface area contributed by atoms with Gasteiger partial charge in [-0.15, -0.1) is 4.83 Å². The van der Waals surface area contributed by atoms with Crippen molar-refractivity contribution in [3.8, 4) is 0 Å². The molecule has 0 bridgehead atoms. The van der Waals surface area contributed by atoms with Gasteiger partial charge >= 0.3 is 0 Å². The number of aromatic amines is 1. The van der Waals surface area contributed by atoms with Gasteiger partial charge < -0.3 is 15.6 Å². The number of carbonyl (C=O) groups excluding carboxylic acids is 3. The number of likely N-dealkylation sites (N-methyl/N-ethyl adjacent to an activating group) is 1. The quantitative estimate of drug-likeness (QED) is 0.223. The highest BCUT2D eigenvalue weighted by Crippen LogP contribution is 2.21. The molecular weight excluding hydrogens is 506 g/mol. The van der Waals surface area contributed by atoms with Crippen LogP contribution in [0.5, 0.6) is 0 Å². The molecule has 0 unspecified atom stereocenters. The van der Waals surface area contributed by atoms with Crippen LogP contribution < -0.4 is 20.9 Å². The maximum atomic E-state index is 13.3. The van der Waals surface area contributed by atoms with Gasteiger partial charge in [0.05, 0.1) is 4.90 Å². The molecule has 3 rings (SSSR count). The lowest BCUT2D eigenvalue weighted by Crippen LogP contribution is -2.50. The molecule has 2 aromatic carbocycles. The summed E-state index contributed by atoms with van der Waals surface area (Å²) in [5.41, 5.74) is 4.89. The Bertz CT molecular complexity index is 1380. The van der Waals surface area contributed by atoms with Crippen LogP contribution in [0.1, 0.15) is 37.8 Å². The SMILES string of the molecule is CNC(=O)[C@H](Cc1c[nH]c2ccccc12)NC(=O)[C@@H](CC(=O)NNS(=O)(=O)c1ccc(C)cc1)CC(C)C. The van der Waals surface area contributed by atoms with Crippen LogP contribution in [0.3, 0.4) is 0 Å². The maximum Gasteiger partial charge on any atom is 0.257 e. The summed E-state index contributed by atoms with van der Waals surface area (Å²) in [5.74, 6) is -2.16. The van der Waals surface area contributed by atoms with Crippen LogP contribution in [-0.4, -0.2) is 44.2 Å². The first-order valence-corrected chi connectivity index (χ1v) is 13.9. The monoisotopic (exact) mass is 541 g/mol. The molecule has 1 aromatic heterocycles. The van der Waals surface area contributed by atoms with Crippen LogP contribution in [0.2, 0.25) is 0 Å². The highest BCUT2D eigenvalue weighted by Gasteiger charge is 2.28. The van der Waals surface area contributed by atoms with Crippen LogP contribution in [-0.2, 0) is 30.8 Å². The van der Waals surface area contributed by atoms with E-state index in [-0.39, 0.29) is 29.6 Å². The Balaban J connectivity index is 1.68. The molecule has 0 radical (unpaired) electrons. The van der Waals surface area contributed by atoms with Gasteiger partial charge in [0.15, 0.2) is 0 Å². The number of rotatable bonds is 12. The topological polar surface area (TPSA) is 149 Å². The Morgan fingerprint density at radius 2 is 1.66 bits per heavy atom. The fourth-order valence-electron chi connectivity index (χ4n) is 4.22. The van der Waals surface area contributed by atoms with E-state index in [4.69, 9.17) is 0 Å². The normalized spacial score (nSPS) is 13.2. The zero-order chi connectivity index (χ0) is 27.9. The number of amides is 3. The molecule has 10 nitrogen and oxygen atoms in total. The van der Waals surface area contributed by atoms with Gasteiger partial charge in [-0.2, -0.15) is 0 Å².